The number of carbonyl (C=O) groups excluding carboxylic acids is 2. The number of hydrogen-bond donors (Lipinski definition) is 3. The number of carbonyl (C=O) groups is 2. The lowest BCUT2D eigenvalue weighted by molar-refractivity contribution is -0.121. The fourth-order valence-electron chi connectivity index (χ4n) is 2.36. The Hall–Kier alpha value is -2.67. The molecular formula is C18H21FN2O4. The summed E-state index contributed by atoms with van der Waals surface area (Å²) >= 11 is 0. The van der Waals surface area contributed by atoms with Gasteiger partial charge in [-0.15, -0.1) is 0 Å². The number of rotatable bonds is 6. The van der Waals surface area contributed by atoms with Crippen LogP contribution in [0.25, 0.3) is 0 Å². The van der Waals surface area contributed by atoms with Crippen molar-refractivity contribution in [2.45, 2.75) is 26.4 Å². The summed E-state index contributed by atoms with van der Waals surface area (Å²) in [5, 5.41) is 15.4. The fraction of sp³-hybridized carbons (Fsp3) is 0.333. The highest BCUT2D eigenvalue weighted by Gasteiger charge is 2.24. The predicted molar refractivity (Wildman–Crippen MR) is 89.5 cm³/mol. The predicted octanol–water partition coefficient (Wildman–Crippen LogP) is 1.79. The molecule has 1 aromatic heterocycles. The van der Waals surface area contributed by atoms with Crippen LogP contribution in [0.5, 0.6) is 0 Å². The summed E-state index contributed by atoms with van der Waals surface area (Å²) in [7, 11) is 0. The van der Waals surface area contributed by atoms with Gasteiger partial charge in [-0.3, -0.25) is 9.59 Å². The largest absolute Gasteiger partial charge is 0.466 e. The Balaban J connectivity index is 1.85. The number of aryl methyl sites for hydroxylation is 2. The summed E-state index contributed by atoms with van der Waals surface area (Å²) in [5.74, 6) is -0.170. The molecule has 2 rings (SSSR count). The molecule has 0 unspecified atom stereocenters. The Morgan fingerprint density at radius 3 is 2.40 bits per heavy atom. The van der Waals surface area contributed by atoms with Gasteiger partial charge in [0.2, 0.25) is 5.91 Å². The lowest BCUT2D eigenvalue weighted by Gasteiger charge is -2.24. The number of halogens is 1. The highest BCUT2D eigenvalue weighted by Crippen LogP contribution is 2.19. The molecule has 25 heavy (non-hydrogen) atoms. The SMILES string of the molecule is Cc1cc(C(=O)NCC(=O)NC[C@@](C)(O)c2ccc(F)cc2)c(C)o1. The monoisotopic (exact) mass is 348 g/mol. The standard InChI is InChI=1S/C18H21FN2O4/c1-11-8-15(12(2)25-11)17(23)20-9-16(22)21-10-18(3,24)13-4-6-14(19)7-5-13/h4-8,24H,9-10H2,1-3H3,(H,20,23)(H,21,22)/t18-/m1/s1. The Morgan fingerprint density at radius 1 is 1.20 bits per heavy atom. The molecule has 0 bridgehead atoms. The Labute approximate surface area is 145 Å². The normalized spacial score (nSPS) is 13.2. The quantitative estimate of drug-likeness (QED) is 0.742. The molecular weight excluding hydrogens is 327 g/mol. The minimum Gasteiger partial charge on any atom is -0.466 e. The topological polar surface area (TPSA) is 91.6 Å². The summed E-state index contributed by atoms with van der Waals surface area (Å²) < 4.78 is 18.2. The summed E-state index contributed by atoms with van der Waals surface area (Å²) in [6.07, 6.45) is 0. The lowest BCUT2D eigenvalue weighted by atomic mass is 9.96. The Morgan fingerprint density at radius 2 is 1.84 bits per heavy atom. The first-order chi connectivity index (χ1) is 11.7. The van der Waals surface area contributed by atoms with Crippen LogP contribution in [0.1, 0.15) is 34.4 Å². The van der Waals surface area contributed by atoms with Gasteiger partial charge in [0.05, 0.1) is 18.7 Å². The third kappa shape index (κ3) is 4.90. The van der Waals surface area contributed by atoms with E-state index in [1.54, 1.807) is 19.9 Å². The molecule has 1 atom stereocenters. The maximum Gasteiger partial charge on any atom is 0.255 e. The number of nitrogens with one attached hydrogen (secondary N) is 2. The average Bonchev–Trinajstić information content (AvgIpc) is 2.89. The molecule has 0 saturated heterocycles. The second-order valence-corrected chi connectivity index (χ2v) is 6.07. The zero-order chi connectivity index (χ0) is 18.6. The van der Waals surface area contributed by atoms with E-state index in [2.05, 4.69) is 10.6 Å². The molecule has 134 valence electrons. The van der Waals surface area contributed by atoms with Crippen LogP contribution >= 0.6 is 0 Å². The third-order valence-electron chi connectivity index (χ3n) is 3.79. The highest BCUT2D eigenvalue weighted by atomic mass is 19.1. The van der Waals surface area contributed by atoms with Crippen LogP contribution in [0.4, 0.5) is 4.39 Å². The molecule has 6 nitrogen and oxygen atoms in total. The van der Waals surface area contributed by atoms with Gasteiger partial charge in [0.25, 0.3) is 5.91 Å². The van der Waals surface area contributed by atoms with Gasteiger partial charge >= 0.3 is 0 Å². The molecule has 2 aromatic rings. The minimum absolute atomic E-state index is 0.0722. The molecule has 1 heterocycles. The first kappa shape index (κ1) is 18.7. The van der Waals surface area contributed by atoms with E-state index in [0.29, 0.717) is 22.6 Å². The molecule has 1 aromatic carbocycles. The average molecular weight is 348 g/mol. The van der Waals surface area contributed by atoms with Crippen molar-refractivity contribution >= 4 is 11.8 Å². The molecule has 0 aliphatic heterocycles. The molecule has 0 aliphatic rings. The van der Waals surface area contributed by atoms with E-state index in [1.807, 2.05) is 0 Å². The number of furan rings is 1. The Kier molecular flexibility index (Phi) is 5.58. The summed E-state index contributed by atoms with van der Waals surface area (Å²) in [6, 6.07) is 6.98. The molecule has 7 heteroatoms. The second-order valence-electron chi connectivity index (χ2n) is 6.07. The van der Waals surface area contributed by atoms with Crippen LogP contribution in [-0.2, 0) is 10.4 Å². The van der Waals surface area contributed by atoms with E-state index in [0.717, 1.165) is 0 Å². The molecule has 2 amide bonds. The zero-order valence-corrected chi connectivity index (χ0v) is 14.4. The Bertz CT molecular complexity index is 766. The molecule has 0 spiro atoms. The second kappa shape index (κ2) is 7.48. The first-order valence-electron chi connectivity index (χ1n) is 7.79. The molecule has 0 fully saturated rings. The van der Waals surface area contributed by atoms with Crippen LogP contribution in [0.15, 0.2) is 34.7 Å². The number of hydrogen-bond acceptors (Lipinski definition) is 4. The number of benzene rings is 1. The maximum atomic E-state index is 12.9. The van der Waals surface area contributed by atoms with E-state index >= 15 is 0 Å². The van der Waals surface area contributed by atoms with E-state index < -0.39 is 23.2 Å². The van der Waals surface area contributed by atoms with Crippen molar-refractivity contribution in [2.24, 2.45) is 0 Å². The van der Waals surface area contributed by atoms with E-state index in [-0.39, 0.29) is 13.1 Å². The number of amides is 2. The van der Waals surface area contributed by atoms with Gasteiger partial charge in [0.15, 0.2) is 0 Å². The molecule has 0 radical (unpaired) electrons. The van der Waals surface area contributed by atoms with Crippen molar-refractivity contribution in [3.63, 3.8) is 0 Å². The van der Waals surface area contributed by atoms with Crippen molar-refractivity contribution in [1.29, 1.82) is 0 Å². The smallest absolute Gasteiger partial charge is 0.255 e. The van der Waals surface area contributed by atoms with Crippen molar-refractivity contribution < 1.29 is 23.5 Å². The van der Waals surface area contributed by atoms with Crippen molar-refractivity contribution in [2.75, 3.05) is 13.1 Å². The lowest BCUT2D eigenvalue weighted by Crippen LogP contribution is -2.43. The zero-order valence-electron chi connectivity index (χ0n) is 14.4. The van der Waals surface area contributed by atoms with Crippen LogP contribution in [-0.4, -0.2) is 30.0 Å². The fourth-order valence-corrected chi connectivity index (χ4v) is 2.36. The van der Waals surface area contributed by atoms with Gasteiger partial charge in [0.1, 0.15) is 22.9 Å². The summed E-state index contributed by atoms with van der Waals surface area (Å²) in [6.45, 7) is 4.60. The van der Waals surface area contributed by atoms with E-state index in [9.17, 15) is 19.1 Å². The van der Waals surface area contributed by atoms with Gasteiger partial charge in [-0.05, 0) is 44.5 Å². The van der Waals surface area contributed by atoms with Gasteiger partial charge in [-0.1, -0.05) is 12.1 Å². The first-order valence-corrected chi connectivity index (χ1v) is 7.79. The van der Waals surface area contributed by atoms with Crippen LogP contribution in [0.3, 0.4) is 0 Å². The summed E-state index contributed by atoms with van der Waals surface area (Å²) in [5.41, 5.74) is -0.502. The minimum atomic E-state index is -1.36. The molecule has 0 aliphatic carbocycles. The van der Waals surface area contributed by atoms with Gasteiger partial charge in [-0.2, -0.15) is 0 Å². The van der Waals surface area contributed by atoms with Crippen LogP contribution in [0.2, 0.25) is 0 Å². The molecule has 0 saturated carbocycles. The van der Waals surface area contributed by atoms with Crippen molar-refractivity contribution in [3.8, 4) is 0 Å². The molecule has 3 N–H and O–H groups in total. The third-order valence-corrected chi connectivity index (χ3v) is 3.79. The van der Waals surface area contributed by atoms with Gasteiger partial charge < -0.3 is 20.2 Å². The summed E-state index contributed by atoms with van der Waals surface area (Å²) in [4.78, 5) is 23.9. The van der Waals surface area contributed by atoms with Crippen molar-refractivity contribution in [1.82, 2.24) is 10.6 Å². The van der Waals surface area contributed by atoms with Crippen LogP contribution in [0, 0.1) is 19.7 Å². The highest BCUT2D eigenvalue weighted by molar-refractivity contribution is 5.97. The van der Waals surface area contributed by atoms with Gasteiger partial charge in [0, 0.05) is 0 Å². The van der Waals surface area contributed by atoms with E-state index in [1.165, 1.54) is 31.2 Å². The maximum absolute atomic E-state index is 12.9. The van der Waals surface area contributed by atoms with Crippen molar-refractivity contribution in [3.05, 3.63) is 58.8 Å². The van der Waals surface area contributed by atoms with Crippen LogP contribution < -0.4 is 10.6 Å². The number of aliphatic hydroxyl groups is 1. The van der Waals surface area contributed by atoms with E-state index in [4.69, 9.17) is 4.42 Å². The van der Waals surface area contributed by atoms with Gasteiger partial charge in [-0.25, -0.2) is 4.39 Å².